The first-order valence-electron chi connectivity index (χ1n) is 5.34. The van der Waals surface area contributed by atoms with Gasteiger partial charge >= 0.3 is 0 Å². The number of hydrogen-bond donors (Lipinski definition) is 1. The number of thiophene rings is 1. The van der Waals surface area contributed by atoms with E-state index in [1.165, 1.54) is 0 Å². The standard InChI is InChI=1S/C11H13BrClN3S/c1-2-4-16-10(7(12)6-15-16)9(14)11-8(13)3-5-17-11/h3,5-6,9H,2,4,14H2,1H3. The minimum Gasteiger partial charge on any atom is -0.318 e. The third-order valence-corrected chi connectivity index (χ3v) is 4.54. The molecule has 1 atom stereocenters. The van der Waals surface area contributed by atoms with E-state index in [2.05, 4.69) is 28.0 Å². The van der Waals surface area contributed by atoms with Gasteiger partial charge in [0.15, 0.2) is 0 Å². The number of nitrogens with zero attached hydrogens (tertiary/aromatic N) is 2. The highest BCUT2D eigenvalue weighted by molar-refractivity contribution is 9.10. The predicted octanol–water partition coefficient (Wildman–Crippen LogP) is 3.82. The molecule has 0 fully saturated rings. The summed E-state index contributed by atoms with van der Waals surface area (Å²) < 4.78 is 2.87. The number of aromatic nitrogens is 2. The molecule has 2 rings (SSSR count). The Hall–Kier alpha value is -0.360. The summed E-state index contributed by atoms with van der Waals surface area (Å²) in [7, 11) is 0. The molecule has 0 amide bonds. The lowest BCUT2D eigenvalue weighted by atomic mass is 10.2. The quantitative estimate of drug-likeness (QED) is 0.923. The largest absolute Gasteiger partial charge is 0.318 e. The molecule has 0 radical (unpaired) electrons. The fourth-order valence-corrected chi connectivity index (χ4v) is 3.44. The summed E-state index contributed by atoms with van der Waals surface area (Å²) >= 11 is 11.2. The Bertz CT molecular complexity index is 509. The van der Waals surface area contributed by atoms with Crippen LogP contribution in [0.1, 0.15) is 30.0 Å². The van der Waals surface area contributed by atoms with Crippen molar-refractivity contribution in [3.05, 3.63) is 37.7 Å². The maximum Gasteiger partial charge on any atom is 0.0843 e. The van der Waals surface area contributed by atoms with E-state index in [4.69, 9.17) is 17.3 Å². The molecule has 92 valence electrons. The minimum atomic E-state index is -0.231. The second-order valence-corrected chi connectivity index (χ2v) is 5.92. The maximum absolute atomic E-state index is 6.27. The Labute approximate surface area is 118 Å². The van der Waals surface area contributed by atoms with Crippen LogP contribution < -0.4 is 5.73 Å². The molecular weight excluding hydrogens is 322 g/mol. The average molecular weight is 335 g/mol. The van der Waals surface area contributed by atoms with Crippen LogP contribution in [-0.4, -0.2) is 9.78 Å². The molecule has 0 bridgehead atoms. The summed E-state index contributed by atoms with van der Waals surface area (Å²) in [6.45, 7) is 2.97. The molecule has 6 heteroatoms. The molecule has 0 saturated carbocycles. The molecule has 17 heavy (non-hydrogen) atoms. The van der Waals surface area contributed by atoms with E-state index in [0.29, 0.717) is 0 Å². The van der Waals surface area contributed by atoms with Crippen molar-refractivity contribution >= 4 is 38.9 Å². The van der Waals surface area contributed by atoms with E-state index in [0.717, 1.165) is 33.0 Å². The summed E-state index contributed by atoms with van der Waals surface area (Å²) in [4.78, 5) is 0.977. The first-order chi connectivity index (χ1) is 8.15. The van der Waals surface area contributed by atoms with E-state index < -0.39 is 0 Å². The first-order valence-corrected chi connectivity index (χ1v) is 7.39. The highest BCUT2D eigenvalue weighted by Gasteiger charge is 2.21. The topological polar surface area (TPSA) is 43.8 Å². The lowest BCUT2D eigenvalue weighted by Crippen LogP contribution is -2.17. The molecule has 2 aromatic heterocycles. The van der Waals surface area contributed by atoms with Gasteiger partial charge in [0.1, 0.15) is 0 Å². The summed E-state index contributed by atoms with van der Waals surface area (Å²) in [5, 5.41) is 6.99. The Kier molecular flexibility index (Phi) is 4.25. The van der Waals surface area contributed by atoms with Gasteiger partial charge in [0.25, 0.3) is 0 Å². The Morgan fingerprint density at radius 2 is 2.41 bits per heavy atom. The fourth-order valence-electron chi connectivity index (χ4n) is 1.72. The first kappa shape index (κ1) is 13.1. The SMILES string of the molecule is CCCn1ncc(Br)c1C(N)c1sccc1Cl. The predicted molar refractivity (Wildman–Crippen MR) is 75.6 cm³/mol. The van der Waals surface area contributed by atoms with Crippen LogP contribution in [0.5, 0.6) is 0 Å². The van der Waals surface area contributed by atoms with Crippen molar-refractivity contribution in [2.75, 3.05) is 0 Å². The van der Waals surface area contributed by atoms with Crippen LogP contribution in [-0.2, 0) is 6.54 Å². The molecule has 2 aromatic rings. The second-order valence-electron chi connectivity index (χ2n) is 3.71. The Morgan fingerprint density at radius 1 is 1.65 bits per heavy atom. The normalized spacial score (nSPS) is 12.9. The van der Waals surface area contributed by atoms with Crippen molar-refractivity contribution in [3.63, 3.8) is 0 Å². The van der Waals surface area contributed by atoms with Gasteiger partial charge in [0.05, 0.1) is 27.4 Å². The lowest BCUT2D eigenvalue weighted by Gasteiger charge is -2.14. The summed E-state index contributed by atoms with van der Waals surface area (Å²) in [5.41, 5.74) is 7.26. The Balaban J connectivity index is 2.39. The van der Waals surface area contributed by atoms with Gasteiger partial charge in [-0.2, -0.15) is 5.10 Å². The summed E-state index contributed by atoms with van der Waals surface area (Å²) in [6.07, 6.45) is 2.80. The van der Waals surface area contributed by atoms with E-state index in [1.807, 2.05) is 16.1 Å². The van der Waals surface area contributed by atoms with Gasteiger partial charge in [-0.1, -0.05) is 18.5 Å². The average Bonchev–Trinajstić information content (AvgIpc) is 2.86. The zero-order valence-corrected chi connectivity index (χ0v) is 12.5. The molecule has 0 aliphatic rings. The van der Waals surface area contributed by atoms with Crippen molar-refractivity contribution in [1.29, 1.82) is 0 Å². The molecule has 0 aliphatic heterocycles. The monoisotopic (exact) mass is 333 g/mol. The van der Waals surface area contributed by atoms with Crippen LogP contribution >= 0.6 is 38.9 Å². The molecule has 0 spiro atoms. The van der Waals surface area contributed by atoms with Crippen molar-refractivity contribution in [2.45, 2.75) is 25.9 Å². The third kappa shape index (κ3) is 2.57. The van der Waals surface area contributed by atoms with Gasteiger partial charge in [0, 0.05) is 11.4 Å². The Morgan fingerprint density at radius 3 is 3.00 bits per heavy atom. The van der Waals surface area contributed by atoms with Crippen molar-refractivity contribution in [1.82, 2.24) is 9.78 Å². The van der Waals surface area contributed by atoms with Crippen molar-refractivity contribution in [2.24, 2.45) is 5.73 Å². The lowest BCUT2D eigenvalue weighted by molar-refractivity contribution is 0.560. The van der Waals surface area contributed by atoms with Gasteiger partial charge in [-0.3, -0.25) is 4.68 Å². The van der Waals surface area contributed by atoms with Crippen molar-refractivity contribution in [3.8, 4) is 0 Å². The molecule has 0 aliphatic carbocycles. The minimum absolute atomic E-state index is 0.231. The van der Waals surface area contributed by atoms with Gasteiger partial charge in [-0.05, 0) is 33.8 Å². The highest BCUT2D eigenvalue weighted by atomic mass is 79.9. The summed E-state index contributed by atoms with van der Waals surface area (Å²) in [5.74, 6) is 0. The van der Waals surface area contributed by atoms with Gasteiger partial charge < -0.3 is 5.73 Å². The number of aryl methyl sites for hydroxylation is 1. The molecule has 3 nitrogen and oxygen atoms in total. The highest BCUT2D eigenvalue weighted by Crippen LogP contribution is 2.34. The van der Waals surface area contributed by atoms with Crippen LogP contribution in [0.25, 0.3) is 0 Å². The molecule has 0 aromatic carbocycles. The van der Waals surface area contributed by atoms with Crippen LogP contribution in [0.2, 0.25) is 5.02 Å². The molecule has 1 unspecified atom stereocenters. The number of hydrogen-bond acceptors (Lipinski definition) is 3. The zero-order chi connectivity index (χ0) is 12.4. The molecule has 2 N–H and O–H groups in total. The van der Waals surface area contributed by atoms with E-state index in [-0.39, 0.29) is 6.04 Å². The smallest absolute Gasteiger partial charge is 0.0843 e. The number of rotatable bonds is 4. The summed E-state index contributed by atoms with van der Waals surface area (Å²) in [6, 6.07) is 1.64. The molecule has 2 heterocycles. The van der Waals surface area contributed by atoms with Gasteiger partial charge in [-0.15, -0.1) is 11.3 Å². The second kappa shape index (κ2) is 5.52. The zero-order valence-electron chi connectivity index (χ0n) is 9.36. The third-order valence-electron chi connectivity index (χ3n) is 2.49. The van der Waals surface area contributed by atoms with Gasteiger partial charge in [0.2, 0.25) is 0 Å². The van der Waals surface area contributed by atoms with E-state index >= 15 is 0 Å². The fraction of sp³-hybridized carbons (Fsp3) is 0.364. The van der Waals surface area contributed by atoms with Crippen molar-refractivity contribution < 1.29 is 0 Å². The van der Waals surface area contributed by atoms with E-state index in [1.54, 1.807) is 17.5 Å². The number of nitrogens with two attached hydrogens (primary N) is 1. The molecule has 0 saturated heterocycles. The van der Waals surface area contributed by atoms with Crippen LogP contribution in [0, 0.1) is 0 Å². The maximum atomic E-state index is 6.27. The van der Waals surface area contributed by atoms with E-state index in [9.17, 15) is 0 Å². The number of halogens is 2. The van der Waals surface area contributed by atoms with Gasteiger partial charge in [-0.25, -0.2) is 0 Å². The van der Waals surface area contributed by atoms with Crippen LogP contribution in [0.3, 0.4) is 0 Å². The van der Waals surface area contributed by atoms with Crippen LogP contribution in [0.4, 0.5) is 0 Å². The molecular formula is C11H13BrClN3S. The van der Waals surface area contributed by atoms with Crippen LogP contribution in [0.15, 0.2) is 22.1 Å².